The van der Waals surface area contributed by atoms with E-state index >= 15 is 0 Å². The Kier molecular flexibility index (Phi) is 4.33. The van der Waals surface area contributed by atoms with Crippen molar-refractivity contribution in [1.82, 2.24) is 0 Å². The predicted octanol–water partition coefficient (Wildman–Crippen LogP) is 3.46. The average Bonchev–Trinajstić information content (AvgIpc) is 2.19. The van der Waals surface area contributed by atoms with Crippen LogP contribution in [0.15, 0.2) is 16.6 Å². The minimum absolute atomic E-state index is 0.112. The summed E-state index contributed by atoms with van der Waals surface area (Å²) in [6.45, 7) is 6.32. The first-order valence-electron chi connectivity index (χ1n) is 4.92. The second-order valence-electron chi connectivity index (χ2n) is 3.77. The summed E-state index contributed by atoms with van der Waals surface area (Å²) in [6.07, 6.45) is 0.765. The van der Waals surface area contributed by atoms with Crippen LogP contribution in [0, 0.1) is 6.92 Å². The van der Waals surface area contributed by atoms with E-state index in [0.29, 0.717) is 5.92 Å². The number of hydrogen-bond acceptors (Lipinski definition) is 2. The van der Waals surface area contributed by atoms with Crippen molar-refractivity contribution >= 4 is 22.2 Å². The van der Waals surface area contributed by atoms with Gasteiger partial charge in [-0.2, -0.15) is 0 Å². The third-order valence-corrected chi connectivity index (χ3v) is 3.07. The van der Waals surface area contributed by atoms with Crippen LogP contribution in [-0.2, 0) is 4.79 Å². The van der Waals surface area contributed by atoms with Crippen LogP contribution in [-0.4, -0.2) is 12.9 Å². The number of halogens is 1. The molecule has 0 atom stereocenters. The molecule has 0 bridgehead atoms. The number of hydrogen-bond donors (Lipinski definition) is 0. The van der Waals surface area contributed by atoms with Crippen molar-refractivity contribution < 1.29 is 9.53 Å². The lowest BCUT2D eigenvalue weighted by atomic mass is 10.0. The second kappa shape index (κ2) is 5.31. The first kappa shape index (κ1) is 12.2. The lowest BCUT2D eigenvalue weighted by molar-refractivity contribution is -0.109. The molecule has 0 aliphatic carbocycles. The van der Waals surface area contributed by atoms with Gasteiger partial charge in [-0.25, -0.2) is 0 Å². The van der Waals surface area contributed by atoms with Gasteiger partial charge in [0.15, 0.2) is 6.29 Å². The fraction of sp³-hybridized carbons (Fsp3) is 0.417. The van der Waals surface area contributed by atoms with Crippen molar-refractivity contribution in [1.29, 1.82) is 0 Å². The van der Waals surface area contributed by atoms with E-state index in [9.17, 15) is 4.79 Å². The van der Waals surface area contributed by atoms with Crippen LogP contribution in [0.2, 0.25) is 0 Å². The molecule has 0 saturated heterocycles. The molecule has 0 fully saturated rings. The summed E-state index contributed by atoms with van der Waals surface area (Å²) in [5.74, 6) is 1.18. The van der Waals surface area contributed by atoms with E-state index in [1.807, 2.05) is 13.0 Å². The van der Waals surface area contributed by atoms with Crippen molar-refractivity contribution in [3.63, 3.8) is 0 Å². The standard InChI is InChI=1S/C12H15BrO2/c1-8(2)10-7-11(13)9(3)6-12(10)15-5-4-14/h4,6-8H,5H2,1-3H3. The molecular formula is C12H15BrO2. The van der Waals surface area contributed by atoms with Crippen LogP contribution in [0.5, 0.6) is 5.75 Å². The summed E-state index contributed by atoms with van der Waals surface area (Å²) < 4.78 is 6.47. The van der Waals surface area contributed by atoms with Gasteiger partial charge in [0.2, 0.25) is 0 Å². The number of rotatable bonds is 4. The van der Waals surface area contributed by atoms with Crippen LogP contribution in [0.1, 0.15) is 30.9 Å². The van der Waals surface area contributed by atoms with Crippen molar-refractivity contribution in [3.8, 4) is 5.75 Å². The van der Waals surface area contributed by atoms with Gasteiger partial charge in [0.05, 0.1) is 0 Å². The van der Waals surface area contributed by atoms with Gasteiger partial charge in [0.25, 0.3) is 0 Å². The number of benzene rings is 1. The van der Waals surface area contributed by atoms with Gasteiger partial charge in [-0.05, 0) is 36.1 Å². The number of ether oxygens (including phenoxy) is 1. The van der Waals surface area contributed by atoms with Crippen LogP contribution in [0.25, 0.3) is 0 Å². The minimum Gasteiger partial charge on any atom is -0.486 e. The maximum absolute atomic E-state index is 10.3. The molecule has 0 unspecified atom stereocenters. The van der Waals surface area contributed by atoms with Crippen LogP contribution >= 0.6 is 15.9 Å². The molecule has 0 N–H and O–H groups in total. The SMILES string of the molecule is Cc1cc(OCC=O)c(C(C)C)cc1Br. The molecule has 0 aromatic heterocycles. The Balaban J connectivity index is 3.09. The van der Waals surface area contributed by atoms with E-state index in [-0.39, 0.29) is 6.61 Å². The molecule has 0 spiro atoms. The Morgan fingerprint density at radius 2 is 2.13 bits per heavy atom. The van der Waals surface area contributed by atoms with Gasteiger partial charge in [0.1, 0.15) is 12.4 Å². The van der Waals surface area contributed by atoms with E-state index in [4.69, 9.17) is 4.74 Å². The summed E-state index contributed by atoms with van der Waals surface area (Å²) in [5, 5.41) is 0. The van der Waals surface area contributed by atoms with Crippen LogP contribution in [0.3, 0.4) is 0 Å². The second-order valence-corrected chi connectivity index (χ2v) is 4.63. The van der Waals surface area contributed by atoms with Gasteiger partial charge in [-0.1, -0.05) is 29.8 Å². The van der Waals surface area contributed by atoms with Crippen molar-refractivity contribution in [2.75, 3.05) is 6.61 Å². The molecule has 1 aromatic rings. The predicted molar refractivity (Wildman–Crippen MR) is 64.5 cm³/mol. The quantitative estimate of drug-likeness (QED) is 0.784. The number of carbonyl (C=O) groups excluding carboxylic acids is 1. The highest BCUT2D eigenvalue weighted by Crippen LogP contribution is 2.31. The zero-order valence-electron chi connectivity index (χ0n) is 9.21. The molecule has 2 nitrogen and oxygen atoms in total. The van der Waals surface area contributed by atoms with E-state index in [2.05, 4.69) is 35.8 Å². The largest absolute Gasteiger partial charge is 0.486 e. The molecule has 82 valence electrons. The molecule has 1 rings (SSSR count). The topological polar surface area (TPSA) is 26.3 Å². The smallest absolute Gasteiger partial charge is 0.157 e. The molecule has 0 saturated carbocycles. The zero-order valence-corrected chi connectivity index (χ0v) is 10.8. The highest BCUT2D eigenvalue weighted by Gasteiger charge is 2.10. The molecule has 0 aliphatic heterocycles. The summed E-state index contributed by atoms with van der Waals surface area (Å²) in [4.78, 5) is 10.3. The highest BCUT2D eigenvalue weighted by atomic mass is 79.9. The Labute approximate surface area is 98.8 Å². The fourth-order valence-electron chi connectivity index (χ4n) is 1.37. The van der Waals surface area contributed by atoms with Gasteiger partial charge >= 0.3 is 0 Å². The summed E-state index contributed by atoms with van der Waals surface area (Å²) in [5.41, 5.74) is 2.23. The minimum atomic E-state index is 0.112. The molecule has 0 radical (unpaired) electrons. The Hall–Kier alpha value is -0.830. The molecule has 3 heteroatoms. The molecule has 0 heterocycles. The number of carbonyl (C=O) groups is 1. The van der Waals surface area contributed by atoms with Crippen LogP contribution in [0.4, 0.5) is 0 Å². The van der Waals surface area contributed by atoms with Crippen LogP contribution < -0.4 is 4.74 Å². The molecule has 15 heavy (non-hydrogen) atoms. The normalized spacial score (nSPS) is 10.5. The fourth-order valence-corrected chi connectivity index (χ4v) is 1.73. The number of aryl methyl sites for hydroxylation is 1. The first-order chi connectivity index (χ1) is 7.06. The third kappa shape index (κ3) is 3.06. The average molecular weight is 271 g/mol. The van der Waals surface area contributed by atoms with Gasteiger partial charge < -0.3 is 4.74 Å². The molecule has 1 aromatic carbocycles. The van der Waals surface area contributed by atoms with Gasteiger partial charge in [-0.3, -0.25) is 4.79 Å². The Morgan fingerprint density at radius 1 is 1.47 bits per heavy atom. The van der Waals surface area contributed by atoms with E-state index in [1.54, 1.807) is 0 Å². The van der Waals surface area contributed by atoms with E-state index in [0.717, 1.165) is 27.6 Å². The van der Waals surface area contributed by atoms with E-state index in [1.165, 1.54) is 0 Å². The Bertz CT molecular complexity index is 359. The van der Waals surface area contributed by atoms with Crippen molar-refractivity contribution in [2.45, 2.75) is 26.7 Å². The summed E-state index contributed by atoms with van der Waals surface area (Å²) in [6, 6.07) is 4.02. The molecular weight excluding hydrogens is 256 g/mol. The monoisotopic (exact) mass is 270 g/mol. The highest BCUT2D eigenvalue weighted by molar-refractivity contribution is 9.10. The maximum atomic E-state index is 10.3. The molecule has 0 aliphatic rings. The van der Waals surface area contributed by atoms with Crippen molar-refractivity contribution in [3.05, 3.63) is 27.7 Å². The molecule has 0 amide bonds. The third-order valence-electron chi connectivity index (χ3n) is 2.22. The first-order valence-corrected chi connectivity index (χ1v) is 5.72. The number of aldehydes is 1. The Morgan fingerprint density at radius 3 is 2.67 bits per heavy atom. The summed E-state index contributed by atoms with van der Waals surface area (Å²) in [7, 11) is 0. The maximum Gasteiger partial charge on any atom is 0.157 e. The lowest BCUT2D eigenvalue weighted by Crippen LogP contribution is -2.02. The zero-order chi connectivity index (χ0) is 11.4. The van der Waals surface area contributed by atoms with Gasteiger partial charge in [0, 0.05) is 4.47 Å². The summed E-state index contributed by atoms with van der Waals surface area (Å²) >= 11 is 3.49. The van der Waals surface area contributed by atoms with Crippen molar-refractivity contribution in [2.24, 2.45) is 0 Å². The lowest BCUT2D eigenvalue weighted by Gasteiger charge is -2.14. The van der Waals surface area contributed by atoms with Gasteiger partial charge in [-0.15, -0.1) is 0 Å². The van der Waals surface area contributed by atoms with E-state index < -0.39 is 0 Å².